The van der Waals surface area contributed by atoms with Crippen molar-refractivity contribution in [2.75, 3.05) is 13.1 Å². The first-order valence-electron chi connectivity index (χ1n) is 8.84. The number of hydrogen-bond acceptors (Lipinski definition) is 2. The molecular weight excluding hydrogens is 310 g/mol. The molecule has 3 aromatic rings. The van der Waals surface area contributed by atoms with Gasteiger partial charge in [-0.2, -0.15) is 0 Å². The second kappa shape index (κ2) is 8.49. The predicted molar refractivity (Wildman–Crippen MR) is 102 cm³/mol. The minimum absolute atomic E-state index is 0.0904. The fraction of sp³-hybridized carbons (Fsp3) is 0.286. The predicted octanol–water partition coefficient (Wildman–Crippen LogP) is 3.57. The molecule has 130 valence electrons. The van der Waals surface area contributed by atoms with Crippen molar-refractivity contribution in [2.45, 2.75) is 25.8 Å². The van der Waals surface area contributed by atoms with Crippen molar-refractivity contribution >= 4 is 16.8 Å². The highest BCUT2D eigenvalue weighted by atomic mass is 16.1. The van der Waals surface area contributed by atoms with Crippen molar-refractivity contribution in [3.05, 3.63) is 71.9 Å². The van der Waals surface area contributed by atoms with Gasteiger partial charge in [-0.15, -0.1) is 0 Å². The molecule has 0 aliphatic carbocycles. The van der Waals surface area contributed by atoms with Gasteiger partial charge >= 0.3 is 0 Å². The fourth-order valence-electron chi connectivity index (χ4n) is 3.03. The Morgan fingerprint density at radius 1 is 1.04 bits per heavy atom. The van der Waals surface area contributed by atoms with Crippen LogP contribution in [0.15, 0.2) is 60.8 Å². The summed E-state index contributed by atoms with van der Waals surface area (Å²) >= 11 is 0. The van der Waals surface area contributed by atoms with E-state index in [0.29, 0.717) is 19.5 Å². The molecule has 3 rings (SSSR count). The van der Waals surface area contributed by atoms with Crippen LogP contribution in [0.5, 0.6) is 0 Å². The molecular formula is C21H25N3O. The number of carbonyl (C=O) groups is 1. The number of fused-ring (bicyclic) bond motifs is 1. The molecule has 0 aliphatic rings. The lowest BCUT2D eigenvalue weighted by atomic mass is 10.1. The summed E-state index contributed by atoms with van der Waals surface area (Å²) in [6, 6.07) is 18.8. The lowest BCUT2D eigenvalue weighted by Gasteiger charge is -2.14. The summed E-state index contributed by atoms with van der Waals surface area (Å²) in [6.45, 7) is 3.45. The minimum Gasteiger partial charge on any atom is -0.361 e. The van der Waals surface area contributed by atoms with E-state index in [-0.39, 0.29) is 11.9 Å². The Morgan fingerprint density at radius 3 is 2.64 bits per heavy atom. The molecule has 1 atom stereocenters. The van der Waals surface area contributed by atoms with Gasteiger partial charge in [0.25, 0.3) is 0 Å². The molecule has 1 amide bonds. The van der Waals surface area contributed by atoms with E-state index in [4.69, 9.17) is 0 Å². The first-order chi connectivity index (χ1) is 12.2. The minimum atomic E-state index is 0.0904. The Balaban J connectivity index is 1.37. The molecule has 0 saturated carbocycles. The van der Waals surface area contributed by atoms with Crippen molar-refractivity contribution in [1.29, 1.82) is 0 Å². The van der Waals surface area contributed by atoms with E-state index in [1.165, 1.54) is 16.5 Å². The Labute approximate surface area is 148 Å². The van der Waals surface area contributed by atoms with Gasteiger partial charge in [0.2, 0.25) is 5.91 Å². The van der Waals surface area contributed by atoms with Crippen LogP contribution in [0.4, 0.5) is 0 Å². The van der Waals surface area contributed by atoms with Crippen LogP contribution in [0.2, 0.25) is 0 Å². The molecule has 4 nitrogen and oxygen atoms in total. The van der Waals surface area contributed by atoms with Crippen LogP contribution in [-0.2, 0) is 11.2 Å². The topological polar surface area (TPSA) is 56.9 Å². The second-order valence-corrected chi connectivity index (χ2v) is 6.30. The molecule has 3 N–H and O–H groups in total. The van der Waals surface area contributed by atoms with Gasteiger partial charge in [0.15, 0.2) is 0 Å². The summed E-state index contributed by atoms with van der Waals surface area (Å²) in [7, 11) is 0. The Hall–Kier alpha value is -2.59. The third kappa shape index (κ3) is 4.70. The highest BCUT2D eigenvalue weighted by Crippen LogP contribution is 2.17. The molecule has 0 aliphatic heterocycles. The van der Waals surface area contributed by atoms with Gasteiger partial charge in [0.05, 0.1) is 0 Å². The van der Waals surface area contributed by atoms with Gasteiger partial charge in [-0.05, 0) is 30.5 Å². The zero-order valence-electron chi connectivity index (χ0n) is 14.6. The Bertz CT molecular complexity index is 810. The van der Waals surface area contributed by atoms with E-state index in [9.17, 15) is 4.79 Å². The van der Waals surface area contributed by atoms with Gasteiger partial charge in [-0.1, -0.05) is 48.5 Å². The summed E-state index contributed by atoms with van der Waals surface area (Å²) in [4.78, 5) is 15.3. The lowest BCUT2D eigenvalue weighted by Crippen LogP contribution is -2.30. The number of nitrogens with one attached hydrogen (secondary N) is 3. The third-order valence-corrected chi connectivity index (χ3v) is 4.49. The number of H-pyrrole nitrogens is 1. The lowest BCUT2D eigenvalue weighted by molar-refractivity contribution is -0.120. The van der Waals surface area contributed by atoms with Gasteiger partial charge < -0.3 is 15.6 Å². The summed E-state index contributed by atoms with van der Waals surface area (Å²) in [6.07, 6.45) is 3.36. The van der Waals surface area contributed by atoms with Gasteiger partial charge in [-0.25, -0.2) is 0 Å². The number of aromatic amines is 1. The van der Waals surface area contributed by atoms with Crippen LogP contribution >= 0.6 is 0 Å². The van der Waals surface area contributed by atoms with Crippen LogP contribution in [-0.4, -0.2) is 24.0 Å². The summed E-state index contributed by atoms with van der Waals surface area (Å²) in [5.74, 6) is 0.0904. The highest BCUT2D eigenvalue weighted by molar-refractivity contribution is 5.83. The van der Waals surface area contributed by atoms with Crippen molar-refractivity contribution in [1.82, 2.24) is 15.6 Å². The van der Waals surface area contributed by atoms with Crippen LogP contribution in [0.1, 0.15) is 30.5 Å². The number of amides is 1. The smallest absolute Gasteiger partial charge is 0.221 e. The average Bonchev–Trinajstić information content (AvgIpc) is 3.06. The van der Waals surface area contributed by atoms with E-state index < -0.39 is 0 Å². The molecule has 25 heavy (non-hydrogen) atoms. The SMILES string of the molecule is C[C@H](NCCC(=O)NCCc1c[nH]c2ccccc12)c1ccccc1. The monoisotopic (exact) mass is 335 g/mol. The van der Waals surface area contributed by atoms with Crippen molar-refractivity contribution < 1.29 is 4.79 Å². The van der Waals surface area contributed by atoms with Crippen LogP contribution < -0.4 is 10.6 Å². The molecule has 0 fully saturated rings. The number of rotatable bonds is 8. The van der Waals surface area contributed by atoms with Crippen molar-refractivity contribution in [3.63, 3.8) is 0 Å². The van der Waals surface area contributed by atoms with Crippen LogP contribution in [0.25, 0.3) is 10.9 Å². The number of benzene rings is 2. The highest BCUT2D eigenvalue weighted by Gasteiger charge is 2.07. The maximum absolute atomic E-state index is 12.0. The molecule has 4 heteroatoms. The first kappa shape index (κ1) is 17.2. The molecule has 0 saturated heterocycles. The quantitative estimate of drug-likeness (QED) is 0.589. The van der Waals surface area contributed by atoms with Crippen molar-refractivity contribution in [2.24, 2.45) is 0 Å². The average molecular weight is 335 g/mol. The number of para-hydroxylation sites is 1. The zero-order chi connectivity index (χ0) is 17.5. The van der Waals surface area contributed by atoms with Gasteiger partial charge in [0.1, 0.15) is 0 Å². The van der Waals surface area contributed by atoms with E-state index in [2.05, 4.69) is 46.8 Å². The normalized spacial score (nSPS) is 12.2. The first-order valence-corrected chi connectivity index (χ1v) is 8.84. The fourth-order valence-corrected chi connectivity index (χ4v) is 3.03. The molecule has 1 heterocycles. The number of aromatic nitrogens is 1. The van der Waals surface area contributed by atoms with Crippen LogP contribution in [0.3, 0.4) is 0 Å². The van der Waals surface area contributed by atoms with E-state index in [0.717, 1.165) is 11.9 Å². The molecule has 0 radical (unpaired) electrons. The largest absolute Gasteiger partial charge is 0.361 e. The van der Waals surface area contributed by atoms with E-state index >= 15 is 0 Å². The van der Waals surface area contributed by atoms with Gasteiger partial charge in [-0.3, -0.25) is 4.79 Å². The number of hydrogen-bond donors (Lipinski definition) is 3. The van der Waals surface area contributed by atoms with Gasteiger partial charge in [0, 0.05) is 42.7 Å². The molecule has 0 spiro atoms. The Morgan fingerprint density at radius 2 is 1.80 bits per heavy atom. The second-order valence-electron chi connectivity index (χ2n) is 6.30. The third-order valence-electron chi connectivity index (χ3n) is 4.49. The summed E-state index contributed by atoms with van der Waals surface area (Å²) < 4.78 is 0. The molecule has 1 aromatic heterocycles. The standard InChI is InChI=1S/C21H25N3O/c1-16(17-7-3-2-4-8-17)22-14-12-21(25)23-13-11-18-15-24-20-10-6-5-9-19(18)20/h2-10,15-16,22,24H,11-14H2,1H3,(H,23,25)/t16-/m0/s1. The number of carbonyl (C=O) groups excluding carboxylic acids is 1. The molecule has 0 bridgehead atoms. The summed E-state index contributed by atoms with van der Waals surface area (Å²) in [5.41, 5.74) is 3.62. The molecule has 2 aromatic carbocycles. The van der Waals surface area contributed by atoms with Crippen molar-refractivity contribution in [3.8, 4) is 0 Å². The Kier molecular flexibility index (Phi) is 5.86. The zero-order valence-corrected chi connectivity index (χ0v) is 14.6. The van der Waals surface area contributed by atoms with Crippen LogP contribution in [0, 0.1) is 0 Å². The van der Waals surface area contributed by atoms with E-state index in [1.807, 2.05) is 36.5 Å². The summed E-state index contributed by atoms with van der Waals surface area (Å²) in [5, 5.41) is 7.63. The maximum Gasteiger partial charge on any atom is 0.221 e. The molecule has 0 unspecified atom stereocenters. The maximum atomic E-state index is 12.0. The van der Waals surface area contributed by atoms with E-state index in [1.54, 1.807) is 0 Å².